The monoisotopic (exact) mass is 410 g/mol. The molecule has 3 aromatic rings. The molecule has 2 aliphatic heterocycles. The molecule has 8 heteroatoms. The number of hydrogen-bond acceptors (Lipinski definition) is 4. The number of hydrogen-bond donors (Lipinski definition) is 3. The molecule has 1 fully saturated rings. The number of amides is 1. The van der Waals surface area contributed by atoms with E-state index in [9.17, 15) is 4.79 Å². The van der Waals surface area contributed by atoms with Crippen LogP contribution in [-0.2, 0) is 5.54 Å². The first-order valence-corrected chi connectivity index (χ1v) is 10.4. The predicted octanol–water partition coefficient (Wildman–Crippen LogP) is 2.86. The Bertz CT molecular complexity index is 1260. The van der Waals surface area contributed by atoms with Gasteiger partial charge in [0.15, 0.2) is 5.82 Å². The van der Waals surface area contributed by atoms with Gasteiger partial charge in [-0.1, -0.05) is 6.58 Å². The average Bonchev–Trinajstić information content (AvgIpc) is 2.97. The van der Waals surface area contributed by atoms with Gasteiger partial charge >= 0.3 is 0 Å². The number of fused-ring (bicyclic) bond motifs is 2. The van der Waals surface area contributed by atoms with E-state index in [4.69, 9.17) is 10.7 Å². The van der Waals surface area contributed by atoms with E-state index in [0.29, 0.717) is 34.3 Å². The first kappa shape index (κ1) is 19.0. The Labute approximate surface area is 173 Å². The van der Waals surface area contributed by atoms with Crippen molar-refractivity contribution >= 4 is 33.7 Å². The Kier molecular flexibility index (Phi) is 3.94. The van der Waals surface area contributed by atoms with E-state index in [1.165, 1.54) is 0 Å². The molecule has 158 valence electrons. The average molecular weight is 410 g/mol. The molecule has 0 bridgehead atoms. The first-order chi connectivity index (χ1) is 14.2. The van der Waals surface area contributed by atoms with Crippen LogP contribution < -0.4 is 16.4 Å². The minimum absolute atomic E-state index is 0.0772. The zero-order valence-electron chi connectivity index (χ0n) is 17.6. The van der Waals surface area contributed by atoms with Gasteiger partial charge in [0.25, 0.3) is 5.91 Å². The molecule has 0 atom stereocenters. The van der Waals surface area contributed by atoms with E-state index in [1.807, 2.05) is 13.0 Å². The fraction of sp³-hybridized carbons (Fsp3) is 0.455. The molecule has 4 heterocycles. The van der Waals surface area contributed by atoms with E-state index >= 15 is 4.39 Å². The van der Waals surface area contributed by atoms with Crippen LogP contribution in [0.1, 0.15) is 44.0 Å². The number of carbonyl (C=O) groups excluding carboxylic acids is 1. The number of nitrogens with two attached hydrogens (primary N) is 1. The summed E-state index contributed by atoms with van der Waals surface area (Å²) in [7, 11) is 0. The van der Waals surface area contributed by atoms with Crippen molar-refractivity contribution in [2.45, 2.75) is 45.2 Å². The third-order valence-corrected chi connectivity index (χ3v) is 6.54. The molecule has 30 heavy (non-hydrogen) atoms. The quantitative estimate of drug-likeness (QED) is 0.620. The van der Waals surface area contributed by atoms with Crippen LogP contribution in [0.25, 0.3) is 21.9 Å². The van der Waals surface area contributed by atoms with Crippen LogP contribution in [0.4, 0.5) is 10.2 Å². The van der Waals surface area contributed by atoms with Gasteiger partial charge in [-0.05, 0) is 39.7 Å². The summed E-state index contributed by atoms with van der Waals surface area (Å²) in [5, 5.41) is 4.41. The smallest absolute Gasteiger partial charge is 0.254 e. The van der Waals surface area contributed by atoms with Gasteiger partial charge in [0.2, 0.25) is 0 Å². The lowest BCUT2D eigenvalue weighted by Gasteiger charge is -2.32. The molecule has 7 nitrogen and oxygen atoms in total. The number of carbonyl (C=O) groups is 1. The largest absolute Gasteiger partial charge is 0.375 e. The molecular weight excluding hydrogens is 383 g/mol. The van der Waals surface area contributed by atoms with Crippen molar-refractivity contribution < 1.29 is 9.18 Å². The molecule has 0 aliphatic carbocycles. The lowest BCUT2D eigenvalue weighted by atomic mass is 10.00. The number of piperidine rings is 1. The summed E-state index contributed by atoms with van der Waals surface area (Å²) in [5.74, 6) is -0.213. The van der Waals surface area contributed by atoms with Crippen molar-refractivity contribution in [2.75, 3.05) is 25.0 Å². The molecule has 4 N–H and O–H groups in total. The van der Waals surface area contributed by atoms with Gasteiger partial charge in [0, 0.05) is 30.7 Å². The first-order valence-electron chi connectivity index (χ1n) is 10.4. The third kappa shape index (κ3) is 2.55. The fourth-order valence-corrected chi connectivity index (χ4v) is 4.92. The molecule has 1 aromatic carbocycles. The number of nitrogens with one attached hydrogen (secondary N) is 2. The highest BCUT2D eigenvalue weighted by atomic mass is 19.1. The number of allylic oxidation sites excluding steroid dienone is 1. The van der Waals surface area contributed by atoms with Crippen molar-refractivity contribution in [1.29, 1.82) is 0 Å². The number of rotatable bonds is 3. The van der Waals surface area contributed by atoms with E-state index in [0.717, 1.165) is 42.5 Å². The molecule has 2 aromatic heterocycles. The van der Waals surface area contributed by atoms with Crippen molar-refractivity contribution in [3.63, 3.8) is 0 Å². The van der Waals surface area contributed by atoms with Crippen LogP contribution in [0.5, 0.6) is 0 Å². The number of likely N-dealkylation sites (tertiary alicyclic amines) is 1. The number of aromatic nitrogens is 2. The SMILES string of the molecule is C=C(C)N1CCC(N=c2cc3c4c([nH]c4c2F)c(C(N)=O)c2n3C(C)(C)CN2)CC1. The Morgan fingerprint density at radius 2 is 2.03 bits per heavy atom. The summed E-state index contributed by atoms with van der Waals surface area (Å²) in [4.78, 5) is 22.2. The van der Waals surface area contributed by atoms with Crippen LogP contribution in [0.15, 0.2) is 23.3 Å². The lowest BCUT2D eigenvalue weighted by molar-refractivity contribution is 0.100. The van der Waals surface area contributed by atoms with Crippen molar-refractivity contribution in [3.05, 3.63) is 35.1 Å². The van der Waals surface area contributed by atoms with Crippen molar-refractivity contribution in [1.82, 2.24) is 14.5 Å². The van der Waals surface area contributed by atoms with Gasteiger partial charge in [-0.25, -0.2) is 4.39 Å². The molecule has 5 rings (SSSR count). The molecule has 2 aliphatic rings. The second-order valence-corrected chi connectivity index (χ2v) is 9.15. The zero-order valence-corrected chi connectivity index (χ0v) is 17.6. The van der Waals surface area contributed by atoms with Crippen LogP contribution in [0, 0.1) is 5.82 Å². The number of primary amides is 1. The molecule has 0 saturated carbocycles. The van der Waals surface area contributed by atoms with E-state index < -0.39 is 5.91 Å². The molecule has 0 spiro atoms. The molecule has 1 amide bonds. The van der Waals surface area contributed by atoms with Gasteiger partial charge in [-0.2, -0.15) is 0 Å². The second-order valence-electron chi connectivity index (χ2n) is 9.15. The molecule has 1 saturated heterocycles. The normalized spacial score (nSPS) is 19.6. The maximum absolute atomic E-state index is 15.3. The number of halogens is 1. The number of anilines is 1. The Morgan fingerprint density at radius 1 is 1.33 bits per heavy atom. The lowest BCUT2D eigenvalue weighted by Crippen LogP contribution is -2.34. The summed E-state index contributed by atoms with van der Waals surface area (Å²) >= 11 is 0. The second kappa shape index (κ2) is 6.23. The van der Waals surface area contributed by atoms with Gasteiger partial charge in [-0.3, -0.25) is 9.79 Å². The van der Waals surface area contributed by atoms with Crippen molar-refractivity contribution in [3.8, 4) is 0 Å². The highest BCUT2D eigenvalue weighted by Gasteiger charge is 2.36. The van der Waals surface area contributed by atoms with Crippen LogP contribution in [-0.4, -0.2) is 46.0 Å². The highest BCUT2D eigenvalue weighted by molar-refractivity contribution is 6.20. The number of pyridine rings is 1. The number of aromatic amines is 1. The van der Waals surface area contributed by atoms with E-state index in [2.05, 4.69) is 40.2 Å². The van der Waals surface area contributed by atoms with Crippen LogP contribution in [0.2, 0.25) is 0 Å². The number of H-pyrrole nitrogens is 1. The molecule has 0 radical (unpaired) electrons. The summed E-state index contributed by atoms with van der Waals surface area (Å²) in [6.07, 6.45) is 1.74. The molecule has 0 unspecified atom stereocenters. The highest BCUT2D eigenvalue weighted by Crippen LogP contribution is 2.42. The summed E-state index contributed by atoms with van der Waals surface area (Å²) in [5.41, 5.74) is 8.70. The Morgan fingerprint density at radius 3 is 2.67 bits per heavy atom. The zero-order chi connectivity index (χ0) is 21.4. The van der Waals surface area contributed by atoms with Crippen LogP contribution >= 0.6 is 0 Å². The topological polar surface area (TPSA) is 91.4 Å². The Hall–Kier alpha value is -3.03. The Balaban J connectivity index is 1.69. The van der Waals surface area contributed by atoms with E-state index in [1.54, 1.807) is 0 Å². The predicted molar refractivity (Wildman–Crippen MR) is 116 cm³/mol. The number of nitrogens with zero attached hydrogens (tertiary/aromatic N) is 3. The van der Waals surface area contributed by atoms with Gasteiger partial charge in [0.1, 0.15) is 11.4 Å². The van der Waals surface area contributed by atoms with Gasteiger partial charge in [-0.15, -0.1) is 0 Å². The maximum atomic E-state index is 15.3. The number of benzene rings is 1. The minimum Gasteiger partial charge on any atom is -0.375 e. The summed E-state index contributed by atoms with van der Waals surface area (Å²) in [6, 6.07) is 1.90. The summed E-state index contributed by atoms with van der Waals surface area (Å²) < 4.78 is 17.4. The fourth-order valence-electron chi connectivity index (χ4n) is 4.92. The third-order valence-electron chi connectivity index (χ3n) is 6.54. The van der Waals surface area contributed by atoms with Gasteiger partial charge in [0.05, 0.1) is 33.5 Å². The maximum Gasteiger partial charge on any atom is 0.254 e. The van der Waals surface area contributed by atoms with Crippen LogP contribution in [0.3, 0.4) is 0 Å². The van der Waals surface area contributed by atoms with Crippen molar-refractivity contribution in [2.24, 2.45) is 10.7 Å². The standard InChI is InChI=1S/C22H27FN6O/c1-11(2)28-7-5-12(6-8-28)26-13-9-14-15-18(27-19(15)17(13)23)16(20(24)30)21-25-10-22(3,4)29(14)21/h9,12,25,27H,1,5-8,10H2,2-4H3,(H2,24,30). The van der Waals surface area contributed by atoms with E-state index in [-0.39, 0.29) is 17.4 Å². The molecular formula is C22H27FN6O. The minimum atomic E-state index is -0.530. The summed E-state index contributed by atoms with van der Waals surface area (Å²) in [6.45, 7) is 12.6. The van der Waals surface area contributed by atoms with Gasteiger partial charge < -0.3 is 25.5 Å².